The summed E-state index contributed by atoms with van der Waals surface area (Å²) in [6.07, 6.45) is 2.35. The molecule has 2 N–H and O–H groups in total. The molecular weight excluding hydrogens is 332 g/mol. The number of amides is 1. The third-order valence-corrected chi connectivity index (χ3v) is 4.60. The van der Waals surface area contributed by atoms with E-state index in [0.717, 1.165) is 5.76 Å². The van der Waals surface area contributed by atoms with Gasteiger partial charge in [0.05, 0.1) is 24.8 Å². The van der Waals surface area contributed by atoms with E-state index in [1.807, 2.05) is 6.07 Å². The number of anilines is 2. The largest absolute Gasteiger partial charge is 0.494 e. The highest BCUT2D eigenvalue weighted by Gasteiger charge is 2.13. The van der Waals surface area contributed by atoms with Crippen LogP contribution in [0.2, 0.25) is 0 Å². The van der Waals surface area contributed by atoms with Crippen molar-refractivity contribution in [3.05, 3.63) is 42.4 Å². The van der Waals surface area contributed by atoms with Crippen molar-refractivity contribution in [3.63, 3.8) is 0 Å². The van der Waals surface area contributed by atoms with Gasteiger partial charge in [0.25, 0.3) is 0 Å². The van der Waals surface area contributed by atoms with Crippen molar-refractivity contribution >= 4 is 27.3 Å². The molecule has 0 atom stereocenters. The minimum atomic E-state index is -3.40. The topological polar surface area (TPSA) is 97.6 Å². The Labute approximate surface area is 141 Å². The first-order valence-electron chi connectivity index (χ1n) is 7.44. The Morgan fingerprint density at radius 1 is 1.29 bits per heavy atom. The molecule has 0 saturated heterocycles. The molecule has 0 saturated carbocycles. The molecule has 2 rings (SSSR count). The standard InChI is InChI=1S/C16H20N2O5S/c1-3-24(20,21)18-14-8-6-12(11-15(14)22-2)17-16(19)9-7-13-5-4-10-23-13/h4-6,8,10-11,18H,3,7,9H2,1-2H3,(H,17,19). The maximum Gasteiger partial charge on any atom is 0.232 e. The second-order valence-electron chi connectivity index (χ2n) is 5.05. The van der Waals surface area contributed by atoms with Crippen molar-refractivity contribution in [2.75, 3.05) is 22.9 Å². The predicted octanol–water partition coefficient (Wildman–Crippen LogP) is 2.62. The summed E-state index contributed by atoms with van der Waals surface area (Å²) in [4.78, 5) is 12.0. The Hall–Kier alpha value is -2.48. The Morgan fingerprint density at radius 2 is 2.08 bits per heavy atom. The van der Waals surface area contributed by atoms with Crippen LogP contribution in [0.1, 0.15) is 19.1 Å². The first kappa shape index (κ1) is 17.9. The molecule has 0 spiro atoms. The van der Waals surface area contributed by atoms with Gasteiger partial charge in [-0.2, -0.15) is 0 Å². The molecule has 0 aliphatic rings. The number of carbonyl (C=O) groups excluding carboxylic acids is 1. The SMILES string of the molecule is CCS(=O)(=O)Nc1ccc(NC(=O)CCc2ccco2)cc1OC. The highest BCUT2D eigenvalue weighted by molar-refractivity contribution is 7.92. The quantitative estimate of drug-likeness (QED) is 0.761. The minimum Gasteiger partial charge on any atom is -0.494 e. The number of aryl methyl sites for hydroxylation is 1. The van der Waals surface area contributed by atoms with Crippen LogP contribution in [0.15, 0.2) is 41.0 Å². The monoisotopic (exact) mass is 352 g/mol. The first-order chi connectivity index (χ1) is 11.4. The number of methoxy groups -OCH3 is 1. The fraction of sp³-hybridized carbons (Fsp3) is 0.312. The van der Waals surface area contributed by atoms with Crippen LogP contribution < -0.4 is 14.8 Å². The van der Waals surface area contributed by atoms with E-state index >= 15 is 0 Å². The molecule has 0 aliphatic carbocycles. The summed E-state index contributed by atoms with van der Waals surface area (Å²) >= 11 is 0. The third kappa shape index (κ3) is 5.02. The van der Waals surface area contributed by atoms with Crippen LogP contribution in [-0.2, 0) is 21.2 Å². The maximum atomic E-state index is 12.0. The Balaban J connectivity index is 2.02. The predicted molar refractivity (Wildman–Crippen MR) is 91.7 cm³/mol. The molecule has 8 heteroatoms. The molecule has 1 aromatic heterocycles. The van der Waals surface area contributed by atoms with Gasteiger partial charge in [0.1, 0.15) is 11.5 Å². The number of rotatable bonds is 8. The molecule has 0 aliphatic heterocycles. The van der Waals surface area contributed by atoms with Gasteiger partial charge in [-0.1, -0.05) is 0 Å². The minimum absolute atomic E-state index is 0.0403. The Morgan fingerprint density at radius 3 is 2.71 bits per heavy atom. The highest BCUT2D eigenvalue weighted by Crippen LogP contribution is 2.29. The number of sulfonamides is 1. The van der Waals surface area contributed by atoms with E-state index in [0.29, 0.717) is 23.5 Å². The molecule has 2 aromatic rings. The van der Waals surface area contributed by atoms with Crippen molar-refractivity contribution in [1.29, 1.82) is 0 Å². The molecule has 0 fully saturated rings. The zero-order valence-corrected chi connectivity index (χ0v) is 14.4. The lowest BCUT2D eigenvalue weighted by Crippen LogP contribution is -2.16. The zero-order chi connectivity index (χ0) is 17.6. The highest BCUT2D eigenvalue weighted by atomic mass is 32.2. The smallest absolute Gasteiger partial charge is 0.232 e. The van der Waals surface area contributed by atoms with Gasteiger partial charge in [0, 0.05) is 24.6 Å². The van der Waals surface area contributed by atoms with Gasteiger partial charge in [-0.15, -0.1) is 0 Å². The average molecular weight is 352 g/mol. The van der Waals surface area contributed by atoms with Gasteiger partial charge in [0.2, 0.25) is 15.9 Å². The van der Waals surface area contributed by atoms with Crippen LogP contribution in [-0.4, -0.2) is 27.2 Å². The average Bonchev–Trinajstić information content (AvgIpc) is 3.07. The Bertz CT molecular complexity index is 785. The molecule has 130 valence electrons. The third-order valence-electron chi connectivity index (χ3n) is 3.31. The van der Waals surface area contributed by atoms with Gasteiger partial charge >= 0.3 is 0 Å². The summed E-state index contributed by atoms with van der Waals surface area (Å²) < 4.78 is 36.1. The van der Waals surface area contributed by atoms with Gasteiger partial charge < -0.3 is 14.5 Å². The zero-order valence-electron chi connectivity index (χ0n) is 13.5. The van der Waals surface area contributed by atoms with E-state index < -0.39 is 10.0 Å². The number of ether oxygens (including phenoxy) is 1. The van der Waals surface area contributed by atoms with Gasteiger partial charge in [0.15, 0.2) is 0 Å². The summed E-state index contributed by atoms with van der Waals surface area (Å²) in [6.45, 7) is 1.54. The lowest BCUT2D eigenvalue weighted by molar-refractivity contribution is -0.116. The summed E-state index contributed by atoms with van der Waals surface area (Å²) in [5.41, 5.74) is 0.851. The van der Waals surface area contributed by atoms with E-state index in [1.165, 1.54) is 7.11 Å². The van der Waals surface area contributed by atoms with E-state index in [9.17, 15) is 13.2 Å². The van der Waals surface area contributed by atoms with Crippen LogP contribution in [0.5, 0.6) is 5.75 Å². The van der Waals surface area contributed by atoms with Crippen molar-refractivity contribution in [2.24, 2.45) is 0 Å². The molecule has 7 nitrogen and oxygen atoms in total. The van der Waals surface area contributed by atoms with Crippen LogP contribution in [0.4, 0.5) is 11.4 Å². The number of hydrogen-bond acceptors (Lipinski definition) is 5. The van der Waals surface area contributed by atoms with Crippen molar-refractivity contribution < 1.29 is 22.4 Å². The van der Waals surface area contributed by atoms with E-state index in [-0.39, 0.29) is 18.1 Å². The van der Waals surface area contributed by atoms with Crippen molar-refractivity contribution in [3.8, 4) is 5.75 Å². The fourth-order valence-electron chi connectivity index (χ4n) is 2.01. The fourth-order valence-corrected chi connectivity index (χ4v) is 2.66. The van der Waals surface area contributed by atoms with Crippen LogP contribution in [0.3, 0.4) is 0 Å². The van der Waals surface area contributed by atoms with Crippen LogP contribution in [0.25, 0.3) is 0 Å². The number of nitrogens with one attached hydrogen (secondary N) is 2. The van der Waals surface area contributed by atoms with E-state index in [4.69, 9.17) is 9.15 Å². The molecule has 0 bridgehead atoms. The molecule has 1 heterocycles. The van der Waals surface area contributed by atoms with Crippen molar-refractivity contribution in [2.45, 2.75) is 19.8 Å². The lowest BCUT2D eigenvalue weighted by atomic mass is 10.2. The molecule has 1 aromatic carbocycles. The number of carbonyl (C=O) groups is 1. The summed E-state index contributed by atoms with van der Waals surface area (Å²) in [7, 11) is -1.97. The summed E-state index contributed by atoms with van der Waals surface area (Å²) in [5.74, 6) is 0.861. The number of hydrogen-bond donors (Lipinski definition) is 2. The van der Waals surface area contributed by atoms with Gasteiger partial charge in [-0.3, -0.25) is 9.52 Å². The van der Waals surface area contributed by atoms with Crippen LogP contribution in [0, 0.1) is 0 Å². The normalized spacial score (nSPS) is 11.1. The van der Waals surface area contributed by atoms with Crippen LogP contribution >= 0.6 is 0 Å². The second kappa shape index (κ2) is 7.87. The van der Waals surface area contributed by atoms with E-state index in [2.05, 4.69) is 10.0 Å². The molecular formula is C16H20N2O5S. The summed E-state index contributed by atoms with van der Waals surface area (Å²) in [6, 6.07) is 8.31. The molecule has 24 heavy (non-hydrogen) atoms. The van der Waals surface area contributed by atoms with Gasteiger partial charge in [-0.25, -0.2) is 8.42 Å². The number of furan rings is 1. The molecule has 0 unspecified atom stereocenters. The molecule has 0 radical (unpaired) electrons. The van der Waals surface area contributed by atoms with E-state index in [1.54, 1.807) is 37.5 Å². The Kier molecular flexibility index (Phi) is 5.86. The first-order valence-corrected chi connectivity index (χ1v) is 9.09. The maximum absolute atomic E-state index is 12.0. The van der Waals surface area contributed by atoms with Gasteiger partial charge in [-0.05, 0) is 31.2 Å². The summed E-state index contributed by atoms with van der Waals surface area (Å²) in [5, 5.41) is 2.75. The molecule has 1 amide bonds. The lowest BCUT2D eigenvalue weighted by Gasteiger charge is -2.13. The van der Waals surface area contributed by atoms with Crippen molar-refractivity contribution in [1.82, 2.24) is 0 Å². The second-order valence-corrected chi connectivity index (χ2v) is 7.06. The number of benzene rings is 1.